The van der Waals surface area contributed by atoms with E-state index in [1.54, 1.807) is 31.2 Å². The molecule has 1 heterocycles. The first kappa shape index (κ1) is 22.4. The average Bonchev–Trinajstić information content (AvgIpc) is 2.59. The van der Waals surface area contributed by atoms with E-state index in [4.69, 9.17) is 21.4 Å². The lowest BCUT2D eigenvalue weighted by molar-refractivity contribution is -0.114. The fourth-order valence-electron chi connectivity index (χ4n) is 3.08. The van der Waals surface area contributed by atoms with E-state index in [0.717, 1.165) is 5.56 Å². The highest BCUT2D eigenvalue weighted by Gasteiger charge is 2.29. The molecule has 9 heteroatoms. The number of ether oxygens (including phenoxy) is 1. The number of rotatable bonds is 8. The van der Waals surface area contributed by atoms with Gasteiger partial charge < -0.3 is 20.5 Å². The summed E-state index contributed by atoms with van der Waals surface area (Å²) in [5, 5.41) is 14.6. The van der Waals surface area contributed by atoms with Crippen LogP contribution in [0.4, 0.5) is 10.6 Å². The highest BCUT2D eigenvalue weighted by Crippen LogP contribution is 2.31. The zero-order chi connectivity index (χ0) is 21.6. The maximum absolute atomic E-state index is 11.2. The Labute approximate surface area is 174 Å². The summed E-state index contributed by atoms with van der Waals surface area (Å²) in [7, 11) is 0. The van der Waals surface area contributed by atoms with Gasteiger partial charge in [-0.3, -0.25) is 4.79 Å². The van der Waals surface area contributed by atoms with Crippen molar-refractivity contribution in [3.8, 4) is 17.0 Å². The minimum atomic E-state index is -1.10. The number of hydrogen-bond donors (Lipinski definition) is 3. The lowest BCUT2D eigenvalue weighted by atomic mass is 9.91. The molecule has 0 saturated carbocycles. The number of nitrogens with zero attached hydrogens (tertiary/aromatic N) is 2. The van der Waals surface area contributed by atoms with Crippen molar-refractivity contribution >= 4 is 29.4 Å². The van der Waals surface area contributed by atoms with Gasteiger partial charge in [0, 0.05) is 18.6 Å². The van der Waals surface area contributed by atoms with E-state index < -0.39 is 11.6 Å². The molecular weight excluding hydrogens is 396 g/mol. The van der Waals surface area contributed by atoms with E-state index in [-0.39, 0.29) is 18.4 Å². The zero-order valence-electron chi connectivity index (χ0n) is 16.8. The summed E-state index contributed by atoms with van der Waals surface area (Å²) in [5.74, 6) is 0.886. The van der Waals surface area contributed by atoms with Crippen molar-refractivity contribution in [1.82, 2.24) is 15.3 Å². The fraction of sp³-hybridized carbons (Fsp3) is 0.400. The number of nitrogens with one attached hydrogen (secondary N) is 2. The van der Waals surface area contributed by atoms with Crippen LogP contribution in [0.5, 0.6) is 5.75 Å². The molecule has 8 nitrogen and oxygen atoms in total. The van der Waals surface area contributed by atoms with Crippen LogP contribution in [-0.4, -0.2) is 39.2 Å². The van der Waals surface area contributed by atoms with Crippen molar-refractivity contribution in [3.05, 3.63) is 35.6 Å². The number of aromatic nitrogens is 2. The summed E-state index contributed by atoms with van der Waals surface area (Å²) in [6.45, 7) is 7.36. The Morgan fingerprint density at radius 2 is 2.00 bits per heavy atom. The molecule has 0 bridgehead atoms. The van der Waals surface area contributed by atoms with Gasteiger partial charge in [-0.25, -0.2) is 14.8 Å². The van der Waals surface area contributed by atoms with Crippen molar-refractivity contribution in [2.75, 3.05) is 11.9 Å². The molecule has 0 aliphatic rings. The van der Waals surface area contributed by atoms with Crippen molar-refractivity contribution in [3.63, 3.8) is 0 Å². The van der Waals surface area contributed by atoms with Crippen LogP contribution in [-0.2, 0) is 4.79 Å². The molecule has 1 unspecified atom stereocenters. The topological polar surface area (TPSA) is 113 Å². The third-order valence-electron chi connectivity index (χ3n) is 4.01. The smallest absolute Gasteiger partial charge is 0.405 e. The molecule has 29 heavy (non-hydrogen) atoms. The van der Waals surface area contributed by atoms with E-state index in [1.165, 1.54) is 13.3 Å². The molecule has 0 saturated heterocycles. The summed E-state index contributed by atoms with van der Waals surface area (Å²) in [5.41, 5.74) is 0.571. The SMILES string of the molecule is CC(=O)Nc1cc(-c2ccc(OCC(C)(CC(C)C)NC(=O)O)c(Cl)c2)ncn1. The first-order chi connectivity index (χ1) is 13.6. The van der Waals surface area contributed by atoms with Gasteiger partial charge in [0.05, 0.1) is 16.3 Å². The van der Waals surface area contributed by atoms with Gasteiger partial charge >= 0.3 is 6.09 Å². The van der Waals surface area contributed by atoms with Crippen molar-refractivity contribution < 1.29 is 19.4 Å². The Bertz CT molecular complexity index is 891. The van der Waals surface area contributed by atoms with Crippen molar-refractivity contribution in [1.29, 1.82) is 0 Å². The van der Waals surface area contributed by atoms with Crippen LogP contribution in [0.25, 0.3) is 11.3 Å². The highest BCUT2D eigenvalue weighted by molar-refractivity contribution is 6.32. The molecule has 0 fully saturated rings. The van der Waals surface area contributed by atoms with Gasteiger partial charge in [0.1, 0.15) is 24.5 Å². The Balaban J connectivity index is 2.17. The number of anilines is 1. The minimum Gasteiger partial charge on any atom is -0.490 e. The lowest BCUT2D eigenvalue weighted by Gasteiger charge is -2.31. The van der Waals surface area contributed by atoms with E-state index in [9.17, 15) is 9.59 Å². The number of carbonyl (C=O) groups is 2. The number of carboxylic acid groups (broad SMARTS) is 1. The highest BCUT2D eigenvalue weighted by atomic mass is 35.5. The van der Waals surface area contributed by atoms with Gasteiger partial charge in [-0.15, -0.1) is 0 Å². The number of amides is 2. The summed E-state index contributed by atoms with van der Waals surface area (Å²) in [4.78, 5) is 30.5. The maximum Gasteiger partial charge on any atom is 0.405 e. The third kappa shape index (κ3) is 6.90. The maximum atomic E-state index is 11.2. The van der Waals surface area contributed by atoms with Crippen LogP contribution in [0, 0.1) is 5.92 Å². The molecule has 3 N–H and O–H groups in total. The molecule has 2 aromatic rings. The molecular formula is C20H25ClN4O4. The third-order valence-corrected chi connectivity index (χ3v) is 4.31. The second-order valence-corrected chi connectivity index (χ2v) is 7.90. The Hall–Kier alpha value is -2.87. The zero-order valence-corrected chi connectivity index (χ0v) is 17.6. The molecule has 156 valence electrons. The van der Waals surface area contributed by atoms with Crippen LogP contribution in [0.2, 0.25) is 5.02 Å². The summed E-state index contributed by atoms with van der Waals surface area (Å²) in [6, 6.07) is 6.82. The lowest BCUT2D eigenvalue weighted by Crippen LogP contribution is -2.50. The van der Waals surface area contributed by atoms with Gasteiger partial charge in [-0.1, -0.05) is 25.4 Å². The molecule has 2 amide bonds. The van der Waals surface area contributed by atoms with E-state index in [0.29, 0.717) is 28.7 Å². The average molecular weight is 421 g/mol. The van der Waals surface area contributed by atoms with Crippen LogP contribution in [0.15, 0.2) is 30.6 Å². The molecule has 2 rings (SSSR count). The first-order valence-electron chi connectivity index (χ1n) is 9.11. The van der Waals surface area contributed by atoms with E-state index in [2.05, 4.69) is 20.6 Å². The van der Waals surface area contributed by atoms with Crippen LogP contribution in [0.3, 0.4) is 0 Å². The number of carbonyl (C=O) groups excluding carboxylic acids is 1. The predicted molar refractivity (Wildman–Crippen MR) is 111 cm³/mol. The molecule has 0 aliphatic carbocycles. The number of halogens is 1. The molecule has 1 atom stereocenters. The Morgan fingerprint density at radius 3 is 2.59 bits per heavy atom. The quantitative estimate of drug-likeness (QED) is 0.589. The number of benzene rings is 1. The van der Waals surface area contributed by atoms with Gasteiger partial charge in [0.15, 0.2) is 0 Å². The second kappa shape index (κ2) is 9.56. The van der Waals surface area contributed by atoms with Gasteiger partial charge in [0.25, 0.3) is 0 Å². The first-order valence-corrected chi connectivity index (χ1v) is 9.49. The van der Waals surface area contributed by atoms with Gasteiger partial charge in [-0.2, -0.15) is 0 Å². The summed E-state index contributed by atoms with van der Waals surface area (Å²) in [6.07, 6.45) is 0.868. The van der Waals surface area contributed by atoms with E-state index in [1.807, 2.05) is 13.8 Å². The monoisotopic (exact) mass is 420 g/mol. The Morgan fingerprint density at radius 1 is 1.28 bits per heavy atom. The summed E-state index contributed by atoms with van der Waals surface area (Å²) >= 11 is 6.37. The van der Waals surface area contributed by atoms with Crippen LogP contribution in [0.1, 0.15) is 34.1 Å². The largest absolute Gasteiger partial charge is 0.490 e. The van der Waals surface area contributed by atoms with Crippen molar-refractivity contribution in [2.45, 2.75) is 39.7 Å². The standard InChI is InChI=1S/C20H25ClN4O4/c1-12(2)9-20(4,25-19(27)28)10-29-17-6-5-14(7-15(17)21)16-8-18(23-11-22-16)24-13(3)26/h5-8,11-12,25H,9-10H2,1-4H3,(H,27,28)(H,22,23,24,26). The summed E-state index contributed by atoms with van der Waals surface area (Å²) < 4.78 is 5.82. The molecule has 0 aliphatic heterocycles. The van der Waals surface area contributed by atoms with Gasteiger partial charge in [-0.05, 0) is 37.5 Å². The number of hydrogen-bond acceptors (Lipinski definition) is 5. The van der Waals surface area contributed by atoms with Gasteiger partial charge in [0.2, 0.25) is 5.91 Å². The fourth-order valence-corrected chi connectivity index (χ4v) is 3.32. The molecule has 0 radical (unpaired) electrons. The Kier molecular flexibility index (Phi) is 7.39. The molecule has 1 aromatic carbocycles. The predicted octanol–water partition coefficient (Wildman–Crippen LogP) is 4.21. The normalized spacial score (nSPS) is 12.9. The van der Waals surface area contributed by atoms with E-state index >= 15 is 0 Å². The molecule has 1 aromatic heterocycles. The van der Waals surface area contributed by atoms with Crippen LogP contribution < -0.4 is 15.4 Å². The molecule has 0 spiro atoms. The second-order valence-electron chi connectivity index (χ2n) is 7.49. The van der Waals surface area contributed by atoms with Crippen molar-refractivity contribution in [2.24, 2.45) is 5.92 Å². The minimum absolute atomic E-state index is 0.136. The van der Waals surface area contributed by atoms with Crippen LogP contribution >= 0.6 is 11.6 Å².